The molecule has 3 heterocycles. The first-order chi connectivity index (χ1) is 12.0. The van der Waals surface area contributed by atoms with Gasteiger partial charge in [-0.1, -0.05) is 0 Å². The van der Waals surface area contributed by atoms with Crippen LogP contribution in [0.5, 0.6) is 0 Å². The van der Waals surface area contributed by atoms with Crippen molar-refractivity contribution < 1.29 is 5.11 Å². The Hall–Kier alpha value is -2.93. The molecule has 1 atom stereocenters. The Morgan fingerprint density at radius 3 is 2.60 bits per heavy atom. The quantitative estimate of drug-likeness (QED) is 0.624. The summed E-state index contributed by atoms with van der Waals surface area (Å²) in [6, 6.07) is 6.06. The van der Waals surface area contributed by atoms with Crippen LogP contribution in [0.15, 0.2) is 36.8 Å². The van der Waals surface area contributed by atoms with Crippen LogP contribution < -0.4 is 0 Å². The molecular weight excluding hydrogens is 316 g/mol. The van der Waals surface area contributed by atoms with Crippen molar-refractivity contribution in [3.05, 3.63) is 48.4 Å². The summed E-state index contributed by atoms with van der Waals surface area (Å²) in [5.41, 5.74) is 3.75. The molecule has 7 nitrogen and oxygen atoms in total. The highest BCUT2D eigenvalue weighted by Crippen LogP contribution is 2.26. The van der Waals surface area contributed by atoms with Gasteiger partial charge in [0.1, 0.15) is 23.4 Å². The lowest BCUT2D eigenvalue weighted by atomic mass is 10.2. The van der Waals surface area contributed by atoms with Crippen molar-refractivity contribution >= 4 is 11.0 Å². The van der Waals surface area contributed by atoms with E-state index in [1.54, 1.807) is 13.1 Å². The average Bonchev–Trinajstić information content (AvgIpc) is 3.27. The summed E-state index contributed by atoms with van der Waals surface area (Å²) in [4.78, 5) is 13.4. The summed E-state index contributed by atoms with van der Waals surface area (Å²) in [7, 11) is 3.89. The molecule has 1 N–H and O–H groups in total. The van der Waals surface area contributed by atoms with E-state index in [1.165, 1.54) is 0 Å². The summed E-state index contributed by atoms with van der Waals surface area (Å²) >= 11 is 0. The van der Waals surface area contributed by atoms with Crippen molar-refractivity contribution in [2.75, 3.05) is 0 Å². The molecule has 0 saturated carbocycles. The SMILES string of the molecule is Cc1ncc(-c2nccn2-c2ccc3c(c2)nc(C(C)O)n3C)n1C. The van der Waals surface area contributed by atoms with Gasteiger partial charge in [-0.15, -0.1) is 0 Å². The molecule has 4 aromatic rings. The second-order valence-corrected chi connectivity index (χ2v) is 6.25. The van der Waals surface area contributed by atoms with Crippen LogP contribution in [0.1, 0.15) is 24.7 Å². The fourth-order valence-electron chi connectivity index (χ4n) is 3.14. The van der Waals surface area contributed by atoms with Crippen LogP contribution >= 0.6 is 0 Å². The van der Waals surface area contributed by atoms with Gasteiger partial charge in [-0.2, -0.15) is 0 Å². The molecular formula is C18H20N6O. The Balaban J connectivity index is 1.86. The third-order valence-electron chi connectivity index (χ3n) is 4.64. The van der Waals surface area contributed by atoms with Crippen molar-refractivity contribution in [2.24, 2.45) is 14.1 Å². The molecule has 128 valence electrons. The van der Waals surface area contributed by atoms with Gasteiger partial charge in [-0.25, -0.2) is 15.0 Å². The van der Waals surface area contributed by atoms with Crippen molar-refractivity contribution in [1.82, 2.24) is 28.7 Å². The van der Waals surface area contributed by atoms with Crippen LogP contribution in [-0.2, 0) is 14.1 Å². The molecule has 3 aromatic heterocycles. The Morgan fingerprint density at radius 2 is 1.92 bits per heavy atom. The Labute approximate surface area is 145 Å². The van der Waals surface area contributed by atoms with Gasteiger partial charge in [0.2, 0.25) is 0 Å². The minimum Gasteiger partial charge on any atom is -0.385 e. The van der Waals surface area contributed by atoms with Crippen LogP contribution in [0, 0.1) is 6.92 Å². The fraction of sp³-hybridized carbons (Fsp3) is 0.278. The van der Waals surface area contributed by atoms with Gasteiger partial charge >= 0.3 is 0 Å². The fourth-order valence-corrected chi connectivity index (χ4v) is 3.14. The first-order valence-corrected chi connectivity index (χ1v) is 8.14. The zero-order valence-corrected chi connectivity index (χ0v) is 14.7. The number of rotatable bonds is 3. The topological polar surface area (TPSA) is 73.7 Å². The van der Waals surface area contributed by atoms with E-state index in [9.17, 15) is 5.11 Å². The van der Waals surface area contributed by atoms with Gasteiger partial charge in [0.25, 0.3) is 0 Å². The highest BCUT2D eigenvalue weighted by Gasteiger charge is 2.16. The zero-order valence-electron chi connectivity index (χ0n) is 14.7. The van der Waals surface area contributed by atoms with Crippen molar-refractivity contribution in [3.63, 3.8) is 0 Å². The van der Waals surface area contributed by atoms with E-state index in [-0.39, 0.29) is 0 Å². The van der Waals surface area contributed by atoms with Crippen molar-refractivity contribution in [3.8, 4) is 17.2 Å². The van der Waals surface area contributed by atoms with Crippen LogP contribution in [0.3, 0.4) is 0 Å². The summed E-state index contributed by atoms with van der Waals surface area (Å²) in [5, 5.41) is 9.88. The molecule has 0 saturated heterocycles. The second-order valence-electron chi connectivity index (χ2n) is 6.25. The lowest BCUT2D eigenvalue weighted by molar-refractivity contribution is 0.186. The summed E-state index contributed by atoms with van der Waals surface area (Å²) in [6.45, 7) is 3.69. The molecule has 0 fully saturated rings. The third-order valence-corrected chi connectivity index (χ3v) is 4.64. The van der Waals surface area contributed by atoms with E-state index in [2.05, 4.69) is 15.0 Å². The van der Waals surface area contributed by atoms with Gasteiger partial charge in [-0.3, -0.25) is 4.57 Å². The molecule has 0 aliphatic rings. The number of aliphatic hydroxyl groups is 1. The highest BCUT2D eigenvalue weighted by molar-refractivity contribution is 5.79. The standard InChI is InChI=1S/C18H20N6O/c1-11(25)17-21-14-9-13(5-6-15(14)23(17)4)24-8-7-19-18(24)16-10-20-12(2)22(16)3/h5-11,25H,1-4H3. The maximum atomic E-state index is 9.88. The number of hydrogen-bond acceptors (Lipinski definition) is 4. The molecule has 4 rings (SSSR count). The van der Waals surface area contributed by atoms with Gasteiger partial charge in [0.15, 0.2) is 5.82 Å². The molecule has 25 heavy (non-hydrogen) atoms. The summed E-state index contributed by atoms with van der Waals surface area (Å²) < 4.78 is 5.96. The lowest BCUT2D eigenvalue weighted by Gasteiger charge is -2.09. The number of hydrogen-bond donors (Lipinski definition) is 1. The number of aryl methyl sites for hydroxylation is 2. The van der Waals surface area contributed by atoms with Crippen molar-refractivity contribution in [2.45, 2.75) is 20.0 Å². The molecule has 0 amide bonds. The van der Waals surface area contributed by atoms with E-state index in [0.29, 0.717) is 5.82 Å². The normalized spacial score (nSPS) is 12.8. The number of imidazole rings is 3. The van der Waals surface area contributed by atoms with E-state index >= 15 is 0 Å². The number of aromatic nitrogens is 6. The average molecular weight is 336 g/mol. The first kappa shape index (κ1) is 15.6. The molecule has 0 spiro atoms. The van der Waals surface area contributed by atoms with E-state index in [1.807, 2.05) is 65.3 Å². The molecule has 0 bridgehead atoms. The van der Waals surface area contributed by atoms with Gasteiger partial charge in [0.05, 0.1) is 17.2 Å². The molecule has 0 aliphatic carbocycles. The Kier molecular flexibility index (Phi) is 3.47. The molecule has 7 heteroatoms. The molecule has 1 aromatic carbocycles. The predicted molar refractivity (Wildman–Crippen MR) is 95.4 cm³/mol. The Morgan fingerprint density at radius 1 is 1.12 bits per heavy atom. The highest BCUT2D eigenvalue weighted by atomic mass is 16.3. The zero-order chi connectivity index (χ0) is 17.7. The molecule has 0 aliphatic heterocycles. The minimum atomic E-state index is -0.609. The second kappa shape index (κ2) is 5.56. The van der Waals surface area contributed by atoms with Crippen LogP contribution in [0.2, 0.25) is 0 Å². The number of benzene rings is 1. The van der Waals surface area contributed by atoms with Gasteiger partial charge in [-0.05, 0) is 32.0 Å². The number of aliphatic hydroxyl groups excluding tert-OH is 1. The Bertz CT molecular complexity index is 1070. The summed E-state index contributed by atoms with van der Waals surface area (Å²) in [6.07, 6.45) is 4.93. The van der Waals surface area contributed by atoms with Gasteiger partial charge < -0.3 is 14.2 Å². The summed E-state index contributed by atoms with van der Waals surface area (Å²) in [5.74, 6) is 2.42. The van der Waals surface area contributed by atoms with Gasteiger partial charge in [0, 0.05) is 32.2 Å². The van der Waals surface area contributed by atoms with Crippen LogP contribution in [-0.4, -0.2) is 33.8 Å². The molecule has 1 unspecified atom stereocenters. The van der Waals surface area contributed by atoms with Crippen molar-refractivity contribution in [1.29, 1.82) is 0 Å². The number of nitrogens with zero attached hydrogens (tertiary/aromatic N) is 6. The van der Waals surface area contributed by atoms with E-state index in [4.69, 9.17) is 0 Å². The van der Waals surface area contributed by atoms with E-state index < -0.39 is 6.10 Å². The monoisotopic (exact) mass is 336 g/mol. The van der Waals surface area contributed by atoms with E-state index in [0.717, 1.165) is 34.1 Å². The van der Waals surface area contributed by atoms with Crippen LogP contribution in [0.25, 0.3) is 28.2 Å². The number of fused-ring (bicyclic) bond motifs is 1. The predicted octanol–water partition coefficient (Wildman–Crippen LogP) is 2.52. The maximum absolute atomic E-state index is 9.88. The van der Waals surface area contributed by atoms with Crippen LogP contribution in [0.4, 0.5) is 0 Å². The lowest BCUT2D eigenvalue weighted by Crippen LogP contribution is -2.02. The maximum Gasteiger partial charge on any atom is 0.162 e. The first-order valence-electron chi connectivity index (χ1n) is 8.14. The largest absolute Gasteiger partial charge is 0.385 e. The minimum absolute atomic E-state index is 0.609. The third kappa shape index (κ3) is 2.35. The molecule has 0 radical (unpaired) electrons. The smallest absolute Gasteiger partial charge is 0.162 e.